The van der Waals surface area contributed by atoms with Crippen LogP contribution in [0.1, 0.15) is 16.1 Å². The third-order valence-corrected chi connectivity index (χ3v) is 6.79. The summed E-state index contributed by atoms with van der Waals surface area (Å²) < 4.78 is 45.3. The number of aryl methyl sites for hydroxylation is 2. The van der Waals surface area contributed by atoms with Gasteiger partial charge in [-0.15, -0.1) is 11.3 Å². The van der Waals surface area contributed by atoms with Crippen molar-refractivity contribution in [1.29, 1.82) is 0 Å². The van der Waals surface area contributed by atoms with Gasteiger partial charge in [-0.1, -0.05) is 11.6 Å². The molecule has 0 aliphatic heterocycles. The molecule has 2 aromatic carbocycles. The minimum atomic E-state index is -1.37. The Kier molecular flexibility index (Phi) is 6.33. The number of halogens is 4. The normalized spacial score (nSPS) is 11.4. The largest absolute Gasteiger partial charge is 0.355 e. The van der Waals surface area contributed by atoms with Crippen LogP contribution in [0.15, 0.2) is 45.6 Å². The summed E-state index contributed by atoms with van der Waals surface area (Å²) in [5.41, 5.74) is 0.891. The van der Waals surface area contributed by atoms with Crippen LogP contribution < -0.4 is 16.7 Å². The molecule has 0 saturated carbocycles. The molecule has 0 spiro atoms. The Labute approximate surface area is 215 Å². The summed E-state index contributed by atoms with van der Waals surface area (Å²) >= 11 is 7.73. The zero-order valence-corrected chi connectivity index (χ0v) is 20.9. The minimum Gasteiger partial charge on any atom is -0.324 e. The van der Waals surface area contributed by atoms with Gasteiger partial charge in [0.05, 0.1) is 40.5 Å². The summed E-state index contributed by atoms with van der Waals surface area (Å²) in [6.45, 7) is 1.05. The van der Waals surface area contributed by atoms with Gasteiger partial charge in [0.1, 0.15) is 5.82 Å². The summed E-state index contributed by atoms with van der Waals surface area (Å²) in [6, 6.07) is 4.26. The second kappa shape index (κ2) is 9.48. The summed E-state index contributed by atoms with van der Waals surface area (Å²) in [5, 5.41) is 8.05. The molecule has 1 N–H and O–H groups in total. The number of thiazole rings is 1. The molecule has 5 aromatic rings. The van der Waals surface area contributed by atoms with Crippen LogP contribution in [0.2, 0.25) is 5.02 Å². The lowest BCUT2D eigenvalue weighted by molar-refractivity contribution is 0.485. The van der Waals surface area contributed by atoms with Crippen molar-refractivity contribution in [2.24, 2.45) is 7.05 Å². The number of hydrogen-bond donors (Lipinski definition) is 1. The molecule has 0 aliphatic rings. The molecule has 0 aliphatic carbocycles. The Morgan fingerprint density at radius 1 is 1.03 bits per heavy atom. The lowest BCUT2D eigenvalue weighted by Gasteiger charge is -2.16. The third-order valence-electron chi connectivity index (χ3n) is 5.67. The van der Waals surface area contributed by atoms with E-state index in [4.69, 9.17) is 11.6 Å². The van der Waals surface area contributed by atoms with Crippen LogP contribution in [-0.4, -0.2) is 28.9 Å². The van der Waals surface area contributed by atoms with Crippen LogP contribution >= 0.6 is 22.9 Å². The van der Waals surface area contributed by atoms with Gasteiger partial charge in [0.25, 0.3) is 0 Å². The molecule has 3 aromatic heterocycles. The van der Waals surface area contributed by atoms with Crippen molar-refractivity contribution >= 4 is 45.5 Å². The van der Waals surface area contributed by atoms with Crippen LogP contribution in [0, 0.1) is 24.4 Å². The predicted octanol–water partition coefficient (Wildman–Crippen LogP) is 3.97. The first kappa shape index (κ1) is 24.7. The van der Waals surface area contributed by atoms with Crippen LogP contribution in [0.5, 0.6) is 0 Å². The van der Waals surface area contributed by atoms with Crippen molar-refractivity contribution in [3.05, 3.63) is 95.6 Å². The number of hydrogen-bond acceptors (Lipinski definition) is 7. The Morgan fingerprint density at radius 3 is 2.51 bits per heavy atom. The van der Waals surface area contributed by atoms with Gasteiger partial charge in [-0.25, -0.2) is 32.3 Å². The van der Waals surface area contributed by atoms with E-state index in [-0.39, 0.29) is 23.1 Å². The lowest BCUT2D eigenvalue weighted by Crippen LogP contribution is -2.43. The molecule has 190 valence electrons. The molecule has 9 nitrogen and oxygen atoms in total. The summed E-state index contributed by atoms with van der Waals surface area (Å²) in [6.07, 6.45) is 1.74. The highest BCUT2D eigenvalue weighted by Gasteiger charge is 2.19. The zero-order valence-electron chi connectivity index (χ0n) is 19.3. The summed E-state index contributed by atoms with van der Waals surface area (Å²) in [4.78, 5) is 35.4. The molecule has 5 rings (SSSR count). The van der Waals surface area contributed by atoms with Gasteiger partial charge in [0, 0.05) is 35.1 Å². The van der Waals surface area contributed by atoms with Crippen molar-refractivity contribution in [1.82, 2.24) is 28.9 Å². The molecule has 0 atom stereocenters. The standard InChI is InChI=1S/C23H17ClF3N7O2S/c1-11-20(28-10-37-11)9-34-22(35)30-21(29-19-4-13-7-32(2)31-18(13)5-14(19)24)33(23(34)36)8-12-3-16(26)17(27)6-15(12)25/h3-7,10H,8-9H2,1-2H3,(H,29,30,35). The number of anilines is 2. The molecule has 0 bridgehead atoms. The molecule has 0 fully saturated rings. The van der Waals surface area contributed by atoms with Crippen molar-refractivity contribution in [3.8, 4) is 0 Å². The quantitative estimate of drug-likeness (QED) is 0.323. The van der Waals surface area contributed by atoms with E-state index < -0.39 is 35.4 Å². The highest BCUT2D eigenvalue weighted by atomic mass is 35.5. The van der Waals surface area contributed by atoms with Gasteiger partial charge in [-0.05, 0) is 25.1 Å². The number of fused-ring (bicyclic) bond motifs is 1. The van der Waals surface area contributed by atoms with Crippen molar-refractivity contribution in [2.45, 2.75) is 20.0 Å². The fourth-order valence-corrected chi connectivity index (χ4v) is 4.57. The fraction of sp³-hybridized carbons (Fsp3) is 0.174. The van der Waals surface area contributed by atoms with Gasteiger partial charge < -0.3 is 5.32 Å². The van der Waals surface area contributed by atoms with Crippen LogP contribution in [0.3, 0.4) is 0 Å². The van der Waals surface area contributed by atoms with Gasteiger partial charge in [-0.2, -0.15) is 10.1 Å². The lowest BCUT2D eigenvalue weighted by atomic mass is 10.2. The molecule has 0 radical (unpaired) electrons. The highest BCUT2D eigenvalue weighted by molar-refractivity contribution is 7.09. The summed E-state index contributed by atoms with van der Waals surface area (Å²) in [5.74, 6) is -4.00. The van der Waals surface area contributed by atoms with E-state index in [9.17, 15) is 22.8 Å². The Balaban J connectivity index is 1.65. The number of nitrogens with zero attached hydrogens (tertiary/aromatic N) is 6. The maximum atomic E-state index is 14.5. The van der Waals surface area contributed by atoms with E-state index in [0.717, 1.165) is 14.0 Å². The van der Waals surface area contributed by atoms with E-state index in [1.807, 2.05) is 0 Å². The van der Waals surface area contributed by atoms with Crippen molar-refractivity contribution in [3.63, 3.8) is 0 Å². The zero-order chi connectivity index (χ0) is 26.4. The Morgan fingerprint density at radius 2 is 1.78 bits per heavy atom. The fourth-order valence-electron chi connectivity index (χ4n) is 3.77. The minimum absolute atomic E-state index is 0.178. The number of aromatic nitrogens is 6. The molecule has 0 unspecified atom stereocenters. The van der Waals surface area contributed by atoms with Gasteiger partial charge >= 0.3 is 11.4 Å². The molecule has 37 heavy (non-hydrogen) atoms. The number of nitrogens with one attached hydrogen (secondary N) is 1. The van der Waals surface area contributed by atoms with Gasteiger partial charge in [-0.3, -0.25) is 9.25 Å². The molecule has 0 saturated heterocycles. The van der Waals surface area contributed by atoms with Gasteiger partial charge in [0.2, 0.25) is 5.95 Å². The van der Waals surface area contributed by atoms with Crippen molar-refractivity contribution in [2.75, 3.05) is 5.32 Å². The topological polar surface area (TPSA) is 99.6 Å². The maximum Gasteiger partial charge on any atom is 0.355 e. The van der Waals surface area contributed by atoms with Gasteiger partial charge in [0.15, 0.2) is 11.6 Å². The third kappa shape index (κ3) is 4.74. The SMILES string of the molecule is Cc1scnc1Cn1c(=O)nc(Nc2cc3cn(C)nc3cc2Cl)n(Cc2cc(F)c(F)cc2F)c1=O. The average molecular weight is 548 g/mol. The first-order chi connectivity index (χ1) is 17.6. The molecule has 3 heterocycles. The summed E-state index contributed by atoms with van der Waals surface area (Å²) in [7, 11) is 1.74. The number of rotatable bonds is 6. The Bertz CT molecular complexity index is 1790. The number of benzene rings is 2. The van der Waals surface area contributed by atoms with Crippen LogP contribution in [-0.2, 0) is 20.1 Å². The van der Waals surface area contributed by atoms with E-state index >= 15 is 0 Å². The molecule has 14 heteroatoms. The van der Waals surface area contributed by atoms with E-state index in [1.165, 1.54) is 11.3 Å². The second-order valence-electron chi connectivity index (χ2n) is 8.20. The first-order valence-corrected chi connectivity index (χ1v) is 12.0. The van der Waals surface area contributed by atoms with Crippen molar-refractivity contribution < 1.29 is 13.2 Å². The maximum absolute atomic E-state index is 14.5. The Hall–Kier alpha value is -3.97. The predicted molar refractivity (Wildman–Crippen MR) is 133 cm³/mol. The monoisotopic (exact) mass is 547 g/mol. The van der Waals surface area contributed by atoms with Crippen LogP contribution in [0.25, 0.3) is 10.9 Å². The van der Waals surface area contributed by atoms with E-state index in [0.29, 0.717) is 34.4 Å². The molecule has 0 amide bonds. The molecular weight excluding hydrogens is 531 g/mol. The molecular formula is C23H17ClF3N7O2S. The highest BCUT2D eigenvalue weighted by Crippen LogP contribution is 2.29. The van der Waals surface area contributed by atoms with Crippen LogP contribution in [0.4, 0.5) is 24.8 Å². The smallest absolute Gasteiger partial charge is 0.324 e. The second-order valence-corrected chi connectivity index (χ2v) is 9.67. The van der Waals surface area contributed by atoms with E-state index in [1.54, 1.807) is 42.5 Å². The van der Waals surface area contributed by atoms with E-state index in [2.05, 4.69) is 20.4 Å². The average Bonchev–Trinajstić information content (AvgIpc) is 3.40. The first-order valence-electron chi connectivity index (χ1n) is 10.7.